The van der Waals surface area contributed by atoms with Crippen LogP contribution in [0, 0.1) is 5.41 Å². The van der Waals surface area contributed by atoms with Crippen LogP contribution in [-0.2, 0) is 11.8 Å². The Morgan fingerprint density at radius 1 is 1.35 bits per heavy atom. The van der Waals surface area contributed by atoms with Crippen LogP contribution < -0.4 is 0 Å². The van der Waals surface area contributed by atoms with Crippen LogP contribution in [0.15, 0.2) is 18.2 Å². The number of hydrogen-bond donors (Lipinski definition) is 2. The van der Waals surface area contributed by atoms with E-state index in [4.69, 9.17) is 0 Å². The number of aliphatic hydroxyl groups excluding tert-OH is 1. The van der Waals surface area contributed by atoms with Crippen molar-refractivity contribution >= 4 is 0 Å². The molecule has 0 radical (unpaired) electrons. The number of phenols is 1. The predicted octanol–water partition coefficient (Wildman–Crippen LogP) is 2.30. The normalized spacial score (nSPS) is 36.0. The third-order valence-electron chi connectivity index (χ3n) is 5.64. The Morgan fingerprint density at radius 2 is 2.10 bits per heavy atom. The molecular weight excluding hydrogens is 250 g/mol. The number of benzene rings is 1. The minimum atomic E-state index is -0.0412. The van der Waals surface area contributed by atoms with Crippen LogP contribution in [0.3, 0.4) is 0 Å². The summed E-state index contributed by atoms with van der Waals surface area (Å²) >= 11 is 0. The van der Waals surface area contributed by atoms with Gasteiger partial charge in [-0.15, -0.1) is 0 Å². The van der Waals surface area contributed by atoms with Crippen molar-refractivity contribution in [2.75, 3.05) is 20.7 Å². The van der Waals surface area contributed by atoms with Gasteiger partial charge in [0, 0.05) is 11.5 Å². The summed E-state index contributed by atoms with van der Waals surface area (Å²) in [6, 6.07) is 6.19. The molecule has 3 nitrogen and oxygen atoms in total. The summed E-state index contributed by atoms with van der Waals surface area (Å²) in [5, 5.41) is 19.9. The van der Waals surface area contributed by atoms with Crippen LogP contribution in [0.5, 0.6) is 5.75 Å². The molecule has 2 N–H and O–H groups in total. The maximum atomic E-state index is 10.1. The summed E-state index contributed by atoms with van der Waals surface area (Å²) in [5.41, 5.74) is 2.64. The van der Waals surface area contributed by atoms with Crippen LogP contribution in [0.1, 0.15) is 37.3 Å². The van der Waals surface area contributed by atoms with E-state index >= 15 is 0 Å². The fraction of sp³-hybridized carbons (Fsp3) is 0.647. The Balaban J connectivity index is 2.11. The molecule has 20 heavy (non-hydrogen) atoms. The number of phenolic OH excluding ortho intramolecular Hbond substituents is 1. The third-order valence-corrected chi connectivity index (χ3v) is 5.64. The second-order valence-electron chi connectivity index (χ2n) is 7.29. The average molecular weight is 275 g/mol. The Hall–Kier alpha value is -1.06. The Kier molecular flexibility index (Phi) is 3.11. The van der Waals surface area contributed by atoms with E-state index in [1.807, 2.05) is 12.1 Å². The number of fused-ring (bicyclic) bond motifs is 4. The zero-order valence-corrected chi connectivity index (χ0v) is 12.7. The molecule has 0 unspecified atom stereocenters. The lowest BCUT2D eigenvalue weighted by molar-refractivity contribution is -0.0338. The van der Waals surface area contributed by atoms with Gasteiger partial charge in [-0.1, -0.05) is 13.0 Å². The van der Waals surface area contributed by atoms with E-state index < -0.39 is 0 Å². The van der Waals surface area contributed by atoms with Gasteiger partial charge in [0.2, 0.25) is 0 Å². The van der Waals surface area contributed by atoms with Gasteiger partial charge < -0.3 is 15.1 Å². The smallest absolute Gasteiger partial charge is 0.115 e. The highest BCUT2D eigenvalue weighted by Crippen LogP contribution is 2.55. The summed E-state index contributed by atoms with van der Waals surface area (Å²) < 4.78 is 0. The lowest BCUT2D eigenvalue weighted by atomic mass is 9.52. The van der Waals surface area contributed by atoms with E-state index in [-0.39, 0.29) is 17.4 Å². The lowest BCUT2D eigenvalue weighted by Crippen LogP contribution is -2.57. The molecule has 3 atom stereocenters. The van der Waals surface area contributed by atoms with Gasteiger partial charge in [-0.25, -0.2) is 0 Å². The molecule has 0 heterocycles. The molecule has 0 saturated heterocycles. The Labute approximate surface area is 121 Å². The van der Waals surface area contributed by atoms with Crippen molar-refractivity contribution in [2.24, 2.45) is 5.41 Å². The van der Waals surface area contributed by atoms with Crippen molar-refractivity contribution < 1.29 is 10.2 Å². The Morgan fingerprint density at radius 3 is 2.75 bits per heavy atom. The van der Waals surface area contributed by atoms with Crippen molar-refractivity contribution in [3.8, 4) is 5.75 Å². The second kappa shape index (κ2) is 4.47. The van der Waals surface area contributed by atoms with Crippen LogP contribution in [0.4, 0.5) is 0 Å². The zero-order chi connectivity index (χ0) is 14.5. The van der Waals surface area contributed by atoms with Crippen molar-refractivity contribution in [1.82, 2.24) is 4.90 Å². The first kappa shape index (κ1) is 13.9. The van der Waals surface area contributed by atoms with Crippen molar-refractivity contribution in [3.05, 3.63) is 29.3 Å². The molecule has 1 aromatic carbocycles. The van der Waals surface area contributed by atoms with Crippen molar-refractivity contribution in [1.29, 1.82) is 0 Å². The molecule has 110 valence electrons. The predicted molar refractivity (Wildman–Crippen MR) is 80.0 cm³/mol. The van der Waals surface area contributed by atoms with Crippen molar-refractivity contribution in [2.45, 2.75) is 44.1 Å². The number of aromatic hydroxyl groups is 1. The molecule has 1 aromatic rings. The monoisotopic (exact) mass is 275 g/mol. The molecule has 0 spiro atoms. The van der Waals surface area contributed by atoms with E-state index in [0.717, 1.165) is 25.7 Å². The highest BCUT2D eigenvalue weighted by atomic mass is 16.3. The van der Waals surface area contributed by atoms with Gasteiger partial charge in [0.05, 0.1) is 6.61 Å². The average Bonchev–Trinajstić information content (AvgIpc) is 2.39. The molecular formula is C17H25NO2. The molecule has 1 saturated carbocycles. The largest absolute Gasteiger partial charge is 0.508 e. The summed E-state index contributed by atoms with van der Waals surface area (Å²) in [4.78, 5) is 2.28. The fourth-order valence-electron chi connectivity index (χ4n) is 4.84. The maximum Gasteiger partial charge on any atom is 0.115 e. The molecule has 2 aliphatic carbocycles. The van der Waals surface area contributed by atoms with E-state index in [2.05, 4.69) is 25.9 Å². The lowest BCUT2D eigenvalue weighted by Gasteiger charge is -2.56. The van der Waals surface area contributed by atoms with E-state index in [9.17, 15) is 10.2 Å². The SMILES string of the molecule is CN(C)[C@H]1CC[C@@]2(C)C[C@]1(CO)Cc1ccc(O)cc12. The molecule has 0 aromatic heterocycles. The minimum Gasteiger partial charge on any atom is -0.508 e. The topological polar surface area (TPSA) is 43.7 Å². The van der Waals surface area contributed by atoms with Crippen LogP contribution in [-0.4, -0.2) is 41.9 Å². The van der Waals surface area contributed by atoms with Crippen LogP contribution >= 0.6 is 0 Å². The van der Waals surface area contributed by atoms with Gasteiger partial charge in [-0.2, -0.15) is 0 Å². The van der Waals surface area contributed by atoms with Crippen molar-refractivity contribution in [3.63, 3.8) is 0 Å². The van der Waals surface area contributed by atoms with E-state index in [1.54, 1.807) is 6.07 Å². The maximum absolute atomic E-state index is 10.1. The first-order valence-corrected chi connectivity index (χ1v) is 7.50. The van der Waals surface area contributed by atoms with E-state index in [1.165, 1.54) is 11.1 Å². The first-order valence-electron chi connectivity index (χ1n) is 7.50. The third kappa shape index (κ3) is 1.87. The van der Waals surface area contributed by atoms with Gasteiger partial charge in [0.15, 0.2) is 0 Å². The molecule has 2 bridgehead atoms. The molecule has 3 rings (SSSR count). The van der Waals surface area contributed by atoms with Gasteiger partial charge in [-0.3, -0.25) is 0 Å². The molecule has 3 heteroatoms. The summed E-state index contributed by atoms with van der Waals surface area (Å²) in [6.07, 6.45) is 4.15. The minimum absolute atomic E-state index is 0.0412. The highest BCUT2D eigenvalue weighted by molar-refractivity contribution is 5.44. The standard InChI is InChI=1S/C17H25NO2/c1-16-7-6-15(18(2)3)17(10-16,11-19)9-12-4-5-13(20)8-14(12)16/h4-5,8,15,19-20H,6-7,9-11H2,1-3H3/t15-,16-,17-/m0/s1. The van der Waals surface area contributed by atoms with Gasteiger partial charge in [0.25, 0.3) is 0 Å². The number of rotatable bonds is 2. The quantitative estimate of drug-likeness (QED) is 0.870. The first-order chi connectivity index (χ1) is 9.40. The van der Waals surface area contributed by atoms with Crippen LogP contribution in [0.2, 0.25) is 0 Å². The fourth-order valence-corrected chi connectivity index (χ4v) is 4.84. The molecule has 1 fully saturated rings. The highest BCUT2D eigenvalue weighted by Gasteiger charge is 2.53. The van der Waals surface area contributed by atoms with Gasteiger partial charge in [0.1, 0.15) is 5.75 Å². The summed E-state index contributed by atoms with van der Waals surface area (Å²) in [6.45, 7) is 2.53. The zero-order valence-electron chi connectivity index (χ0n) is 12.7. The molecule has 0 amide bonds. The molecule has 0 aliphatic heterocycles. The van der Waals surface area contributed by atoms with Crippen LogP contribution in [0.25, 0.3) is 0 Å². The number of hydrogen-bond acceptors (Lipinski definition) is 3. The van der Waals surface area contributed by atoms with Gasteiger partial charge in [-0.05, 0) is 68.5 Å². The Bertz CT molecular complexity index is 528. The number of nitrogens with zero attached hydrogens (tertiary/aromatic N) is 1. The van der Waals surface area contributed by atoms with E-state index in [0.29, 0.717) is 11.8 Å². The number of aliphatic hydroxyl groups is 1. The summed E-state index contributed by atoms with van der Waals surface area (Å²) in [5.74, 6) is 0.358. The second-order valence-corrected chi connectivity index (χ2v) is 7.29. The molecule has 2 aliphatic rings. The summed E-state index contributed by atoms with van der Waals surface area (Å²) in [7, 11) is 4.24. The van der Waals surface area contributed by atoms with Gasteiger partial charge >= 0.3 is 0 Å².